The molecule has 0 atom stereocenters. The molecule has 0 aliphatic heterocycles. The normalized spacial score (nSPS) is 10.4. The van der Waals surface area contributed by atoms with Crippen LogP contribution in [0.4, 0.5) is 0 Å². The minimum atomic E-state index is 0.343. The zero-order valence-electron chi connectivity index (χ0n) is 13.5. The van der Waals surface area contributed by atoms with Gasteiger partial charge in [-0.1, -0.05) is 6.07 Å². The number of ether oxygens (including phenoxy) is 2. The van der Waals surface area contributed by atoms with Gasteiger partial charge in [0.2, 0.25) is 0 Å². The molecule has 0 saturated carbocycles. The molecule has 122 valence electrons. The van der Waals surface area contributed by atoms with Gasteiger partial charge in [-0.2, -0.15) is 5.10 Å². The minimum Gasteiger partial charge on any atom is -0.493 e. The summed E-state index contributed by atoms with van der Waals surface area (Å²) in [4.78, 5) is 15.1. The summed E-state index contributed by atoms with van der Waals surface area (Å²) in [6.45, 7) is 2.26. The number of nitrogens with zero attached hydrogens (tertiary/aromatic N) is 3. The Kier molecular flexibility index (Phi) is 4.56. The lowest BCUT2D eigenvalue weighted by Gasteiger charge is -2.10. The lowest BCUT2D eigenvalue weighted by molar-refractivity contribution is 0.112. The molecule has 3 rings (SSSR count). The maximum absolute atomic E-state index is 10.8. The number of methoxy groups -OCH3 is 1. The van der Waals surface area contributed by atoms with Crippen molar-refractivity contribution in [1.82, 2.24) is 14.8 Å². The Bertz CT molecular complexity index is 844. The molecule has 0 radical (unpaired) electrons. The highest BCUT2D eigenvalue weighted by Crippen LogP contribution is 2.28. The average molecular weight is 323 g/mol. The molecule has 2 aromatic heterocycles. The van der Waals surface area contributed by atoms with Gasteiger partial charge in [-0.15, -0.1) is 0 Å². The Morgan fingerprint density at radius 1 is 1.21 bits per heavy atom. The maximum Gasteiger partial charge on any atom is 0.161 e. The third-order valence-electron chi connectivity index (χ3n) is 3.59. The third-order valence-corrected chi connectivity index (χ3v) is 3.59. The van der Waals surface area contributed by atoms with Crippen molar-refractivity contribution in [1.29, 1.82) is 0 Å². The summed E-state index contributed by atoms with van der Waals surface area (Å²) in [5.41, 5.74) is 2.35. The maximum atomic E-state index is 10.8. The van der Waals surface area contributed by atoms with E-state index in [1.54, 1.807) is 36.2 Å². The first-order chi connectivity index (χ1) is 11.7. The van der Waals surface area contributed by atoms with E-state index < -0.39 is 0 Å². The van der Waals surface area contributed by atoms with Gasteiger partial charge < -0.3 is 9.47 Å². The summed E-state index contributed by atoms with van der Waals surface area (Å²) >= 11 is 0. The second-order valence-corrected chi connectivity index (χ2v) is 5.19. The number of carbonyl (C=O) groups is 1. The Balaban J connectivity index is 1.78. The number of hydrogen-bond donors (Lipinski definition) is 0. The van der Waals surface area contributed by atoms with Gasteiger partial charge in [0.25, 0.3) is 0 Å². The summed E-state index contributed by atoms with van der Waals surface area (Å²) in [6, 6.07) is 10.7. The van der Waals surface area contributed by atoms with Crippen LogP contribution < -0.4 is 9.47 Å². The fraction of sp³-hybridized carbons (Fsp3) is 0.167. The molecule has 6 heteroatoms. The van der Waals surface area contributed by atoms with Crippen molar-refractivity contribution in [3.05, 3.63) is 65.6 Å². The van der Waals surface area contributed by atoms with Crippen LogP contribution in [0.25, 0.3) is 5.82 Å². The van der Waals surface area contributed by atoms with E-state index in [9.17, 15) is 4.79 Å². The second-order valence-electron chi connectivity index (χ2n) is 5.19. The van der Waals surface area contributed by atoms with Crippen LogP contribution in [0.5, 0.6) is 11.5 Å². The van der Waals surface area contributed by atoms with Gasteiger partial charge in [-0.25, -0.2) is 9.67 Å². The smallest absolute Gasteiger partial charge is 0.161 e. The van der Waals surface area contributed by atoms with Crippen LogP contribution in [0.1, 0.15) is 21.6 Å². The zero-order valence-corrected chi connectivity index (χ0v) is 13.5. The lowest BCUT2D eigenvalue weighted by atomic mass is 10.2. The highest BCUT2D eigenvalue weighted by atomic mass is 16.5. The van der Waals surface area contributed by atoms with Crippen LogP contribution in [-0.2, 0) is 6.61 Å². The highest BCUT2D eigenvalue weighted by molar-refractivity contribution is 5.76. The molecule has 24 heavy (non-hydrogen) atoms. The molecule has 0 saturated heterocycles. The number of hydrogen-bond acceptors (Lipinski definition) is 5. The third kappa shape index (κ3) is 3.27. The first-order valence-corrected chi connectivity index (χ1v) is 7.44. The van der Waals surface area contributed by atoms with Crippen LogP contribution in [0.2, 0.25) is 0 Å². The number of carbonyl (C=O) groups excluding carboxylic acids is 1. The van der Waals surface area contributed by atoms with E-state index in [1.807, 2.05) is 31.3 Å². The van der Waals surface area contributed by atoms with Gasteiger partial charge >= 0.3 is 0 Å². The molecule has 1 aromatic carbocycles. The van der Waals surface area contributed by atoms with Crippen LogP contribution in [-0.4, -0.2) is 28.2 Å². The number of pyridine rings is 1. The van der Waals surface area contributed by atoms with Crippen molar-refractivity contribution in [3.8, 4) is 17.3 Å². The predicted molar refractivity (Wildman–Crippen MR) is 88.8 cm³/mol. The molecule has 0 bridgehead atoms. The van der Waals surface area contributed by atoms with Gasteiger partial charge in [0.1, 0.15) is 12.9 Å². The summed E-state index contributed by atoms with van der Waals surface area (Å²) in [7, 11) is 1.54. The molecular formula is C18H17N3O3. The fourth-order valence-electron chi connectivity index (χ4n) is 2.28. The molecule has 0 aliphatic rings. The van der Waals surface area contributed by atoms with Crippen molar-refractivity contribution in [2.45, 2.75) is 13.5 Å². The Labute approximate surface area is 139 Å². The molecule has 0 N–H and O–H groups in total. The molecule has 6 nitrogen and oxygen atoms in total. The van der Waals surface area contributed by atoms with Crippen molar-refractivity contribution in [2.75, 3.05) is 7.11 Å². The predicted octanol–water partition coefficient (Wildman–Crippen LogP) is 2.98. The summed E-state index contributed by atoms with van der Waals surface area (Å²) in [5, 5.41) is 4.46. The molecule has 3 aromatic rings. The Hall–Kier alpha value is -3.15. The quantitative estimate of drug-likeness (QED) is 0.652. The number of rotatable bonds is 6. The molecule has 0 unspecified atom stereocenters. The van der Waals surface area contributed by atoms with Crippen molar-refractivity contribution in [2.24, 2.45) is 0 Å². The zero-order chi connectivity index (χ0) is 16.9. The average Bonchev–Trinajstić information content (AvgIpc) is 3.01. The second kappa shape index (κ2) is 6.95. The van der Waals surface area contributed by atoms with E-state index in [0.717, 1.165) is 23.4 Å². The first kappa shape index (κ1) is 15.7. The number of benzene rings is 1. The summed E-state index contributed by atoms with van der Waals surface area (Å²) < 4.78 is 12.8. The van der Waals surface area contributed by atoms with Gasteiger partial charge in [0, 0.05) is 23.5 Å². The van der Waals surface area contributed by atoms with Crippen LogP contribution >= 0.6 is 0 Å². The summed E-state index contributed by atoms with van der Waals surface area (Å²) in [6.07, 6.45) is 4.39. The van der Waals surface area contributed by atoms with E-state index in [4.69, 9.17) is 9.47 Å². The molecule has 0 amide bonds. The Morgan fingerprint density at radius 2 is 2.08 bits per heavy atom. The first-order valence-electron chi connectivity index (χ1n) is 7.44. The monoisotopic (exact) mass is 323 g/mol. The minimum absolute atomic E-state index is 0.343. The fourth-order valence-corrected chi connectivity index (χ4v) is 2.28. The largest absolute Gasteiger partial charge is 0.493 e. The highest BCUT2D eigenvalue weighted by Gasteiger charge is 2.10. The SMILES string of the molecule is COc1cc(C=O)ccc1OCc1cn(-c2ccccn2)nc1C. The van der Waals surface area contributed by atoms with Gasteiger partial charge in [0.15, 0.2) is 17.3 Å². The van der Waals surface area contributed by atoms with E-state index in [1.165, 1.54) is 0 Å². The molecule has 0 spiro atoms. The van der Waals surface area contributed by atoms with E-state index >= 15 is 0 Å². The molecule has 0 fully saturated rings. The van der Waals surface area contributed by atoms with Gasteiger partial charge in [-0.3, -0.25) is 4.79 Å². The lowest BCUT2D eigenvalue weighted by Crippen LogP contribution is -1.99. The van der Waals surface area contributed by atoms with Crippen molar-refractivity contribution in [3.63, 3.8) is 0 Å². The molecule has 0 aliphatic carbocycles. The number of aryl methyl sites for hydroxylation is 1. The topological polar surface area (TPSA) is 66.2 Å². The standard InChI is InChI=1S/C18H17N3O3/c1-13-15(10-21(20-13)18-5-3-4-8-19-18)12-24-16-7-6-14(11-22)9-17(16)23-2/h3-11H,12H2,1-2H3. The van der Waals surface area contributed by atoms with Gasteiger partial charge in [0.05, 0.1) is 12.8 Å². The van der Waals surface area contributed by atoms with Crippen LogP contribution in [0, 0.1) is 6.92 Å². The van der Waals surface area contributed by atoms with E-state index in [-0.39, 0.29) is 0 Å². The number of aldehydes is 1. The van der Waals surface area contributed by atoms with Gasteiger partial charge in [-0.05, 0) is 37.3 Å². The molecular weight excluding hydrogens is 306 g/mol. The van der Waals surface area contributed by atoms with Crippen molar-refractivity contribution < 1.29 is 14.3 Å². The number of aromatic nitrogens is 3. The van der Waals surface area contributed by atoms with Crippen LogP contribution in [0.15, 0.2) is 48.8 Å². The van der Waals surface area contributed by atoms with Crippen molar-refractivity contribution >= 4 is 6.29 Å². The Morgan fingerprint density at radius 3 is 2.79 bits per heavy atom. The molecule has 2 heterocycles. The van der Waals surface area contributed by atoms with Crippen LogP contribution in [0.3, 0.4) is 0 Å². The summed E-state index contributed by atoms with van der Waals surface area (Å²) in [5.74, 6) is 1.85. The van der Waals surface area contributed by atoms with E-state index in [2.05, 4.69) is 10.1 Å². The van der Waals surface area contributed by atoms with E-state index in [0.29, 0.717) is 23.7 Å².